The molecular formula is C25H26N2O8S. The molecule has 0 unspecified atom stereocenters. The predicted molar refractivity (Wildman–Crippen MR) is 133 cm³/mol. The van der Waals surface area contributed by atoms with Gasteiger partial charge < -0.3 is 24.3 Å². The molecule has 190 valence electrons. The zero-order valence-electron chi connectivity index (χ0n) is 20.2. The molecule has 3 rings (SSSR count). The number of carbonyl (C=O) groups excluding carboxylic acids is 2. The fraction of sp³-hybridized carbons (Fsp3) is 0.200. The molecule has 1 amide bonds. The van der Waals surface area contributed by atoms with Crippen molar-refractivity contribution in [3.63, 3.8) is 0 Å². The topological polar surface area (TPSA) is 129 Å². The van der Waals surface area contributed by atoms with Crippen molar-refractivity contribution in [1.82, 2.24) is 0 Å². The van der Waals surface area contributed by atoms with E-state index in [1.807, 2.05) is 6.07 Å². The summed E-state index contributed by atoms with van der Waals surface area (Å²) < 4.78 is 48.6. The summed E-state index contributed by atoms with van der Waals surface area (Å²) in [6, 6.07) is 15.5. The highest BCUT2D eigenvalue weighted by atomic mass is 32.2. The van der Waals surface area contributed by atoms with E-state index >= 15 is 0 Å². The van der Waals surface area contributed by atoms with Crippen molar-refractivity contribution in [3.05, 3.63) is 71.8 Å². The first kappa shape index (κ1) is 26.4. The van der Waals surface area contributed by atoms with Gasteiger partial charge in [-0.3, -0.25) is 9.52 Å². The number of amides is 1. The number of nitrogens with one attached hydrogen (secondary N) is 2. The molecule has 10 nitrogen and oxygen atoms in total. The normalized spacial score (nSPS) is 10.8. The average Bonchev–Trinajstić information content (AvgIpc) is 2.88. The maximum atomic E-state index is 12.7. The van der Waals surface area contributed by atoms with E-state index in [1.165, 1.54) is 57.7 Å². The Labute approximate surface area is 209 Å². The van der Waals surface area contributed by atoms with Crippen molar-refractivity contribution in [2.75, 3.05) is 38.0 Å². The van der Waals surface area contributed by atoms with Crippen LogP contribution in [0.4, 0.5) is 11.4 Å². The molecule has 0 fully saturated rings. The monoisotopic (exact) mass is 514 g/mol. The molecular weight excluding hydrogens is 488 g/mol. The second-order valence-corrected chi connectivity index (χ2v) is 9.16. The Morgan fingerprint density at radius 1 is 0.861 bits per heavy atom. The molecule has 0 atom stereocenters. The molecule has 0 aliphatic rings. The molecule has 0 aliphatic heterocycles. The summed E-state index contributed by atoms with van der Waals surface area (Å²) >= 11 is 0. The van der Waals surface area contributed by atoms with Gasteiger partial charge in [-0.15, -0.1) is 0 Å². The molecule has 0 aliphatic carbocycles. The van der Waals surface area contributed by atoms with Crippen molar-refractivity contribution in [3.8, 4) is 17.2 Å². The van der Waals surface area contributed by atoms with Gasteiger partial charge >= 0.3 is 5.97 Å². The van der Waals surface area contributed by atoms with Crippen LogP contribution >= 0.6 is 0 Å². The predicted octanol–water partition coefficient (Wildman–Crippen LogP) is 3.62. The Morgan fingerprint density at radius 2 is 1.50 bits per heavy atom. The van der Waals surface area contributed by atoms with Gasteiger partial charge in [0.05, 0.1) is 43.2 Å². The van der Waals surface area contributed by atoms with Crippen molar-refractivity contribution in [2.45, 2.75) is 11.8 Å². The Balaban J connectivity index is 1.67. The molecule has 36 heavy (non-hydrogen) atoms. The van der Waals surface area contributed by atoms with Crippen molar-refractivity contribution in [2.24, 2.45) is 0 Å². The fourth-order valence-electron chi connectivity index (χ4n) is 3.20. The lowest BCUT2D eigenvalue weighted by atomic mass is 10.1. The number of hydrogen-bond donors (Lipinski definition) is 2. The zero-order valence-corrected chi connectivity index (χ0v) is 21.0. The minimum absolute atomic E-state index is 0.0376. The highest BCUT2D eigenvalue weighted by Crippen LogP contribution is 2.33. The van der Waals surface area contributed by atoms with Crippen LogP contribution in [0.15, 0.2) is 65.6 Å². The van der Waals surface area contributed by atoms with Gasteiger partial charge in [-0.25, -0.2) is 13.2 Å². The maximum Gasteiger partial charge on any atom is 0.340 e. The standard InChI is InChI=1S/C25H26N2O8S/c1-16-7-5-6-8-20(16)27-36(30,31)18-11-9-17(10-12-18)35-15-24(28)26-21-14-23(33-3)22(32-2)13-19(21)25(29)34-4/h5-14,27H,15H2,1-4H3,(H,26,28). The SMILES string of the molecule is COC(=O)c1cc(OC)c(OC)cc1NC(=O)COc1ccc(S(=O)(=O)Nc2ccccc2C)cc1. The second kappa shape index (κ2) is 11.5. The van der Waals surface area contributed by atoms with E-state index in [0.717, 1.165) is 5.56 Å². The minimum Gasteiger partial charge on any atom is -0.493 e. The molecule has 0 aromatic heterocycles. The van der Waals surface area contributed by atoms with Crippen LogP contribution < -0.4 is 24.2 Å². The Kier molecular flexibility index (Phi) is 8.38. The highest BCUT2D eigenvalue weighted by molar-refractivity contribution is 7.92. The summed E-state index contributed by atoms with van der Waals surface area (Å²) in [6.07, 6.45) is 0. The van der Waals surface area contributed by atoms with Crippen LogP contribution in [0.2, 0.25) is 0 Å². The lowest BCUT2D eigenvalue weighted by molar-refractivity contribution is -0.118. The van der Waals surface area contributed by atoms with Crippen molar-refractivity contribution < 1.29 is 37.0 Å². The largest absolute Gasteiger partial charge is 0.493 e. The summed E-state index contributed by atoms with van der Waals surface area (Å²) in [5.41, 5.74) is 1.49. The van der Waals surface area contributed by atoms with Crippen LogP contribution in [-0.4, -0.2) is 48.2 Å². The van der Waals surface area contributed by atoms with E-state index in [2.05, 4.69) is 10.0 Å². The van der Waals surface area contributed by atoms with Gasteiger partial charge in [-0.2, -0.15) is 0 Å². The number of methoxy groups -OCH3 is 3. The Bertz CT molecular complexity index is 1350. The summed E-state index contributed by atoms with van der Waals surface area (Å²) in [5.74, 6) is -0.370. The van der Waals surface area contributed by atoms with Gasteiger partial charge in [-0.05, 0) is 42.8 Å². The van der Waals surface area contributed by atoms with E-state index in [1.54, 1.807) is 25.1 Å². The lowest BCUT2D eigenvalue weighted by Crippen LogP contribution is -2.22. The number of para-hydroxylation sites is 1. The van der Waals surface area contributed by atoms with E-state index in [4.69, 9.17) is 18.9 Å². The van der Waals surface area contributed by atoms with Gasteiger partial charge in [0.25, 0.3) is 15.9 Å². The first-order chi connectivity index (χ1) is 17.2. The number of hydrogen-bond acceptors (Lipinski definition) is 8. The first-order valence-corrected chi connectivity index (χ1v) is 12.1. The van der Waals surface area contributed by atoms with E-state index in [-0.39, 0.29) is 21.9 Å². The summed E-state index contributed by atoms with van der Waals surface area (Å²) in [7, 11) is 0.252. The van der Waals surface area contributed by atoms with Crippen molar-refractivity contribution >= 4 is 33.3 Å². The number of ether oxygens (including phenoxy) is 4. The van der Waals surface area contributed by atoms with Crippen LogP contribution in [0.5, 0.6) is 17.2 Å². The van der Waals surface area contributed by atoms with Crippen LogP contribution in [0.3, 0.4) is 0 Å². The van der Waals surface area contributed by atoms with E-state index in [9.17, 15) is 18.0 Å². The summed E-state index contributed by atoms with van der Waals surface area (Å²) in [6.45, 7) is 1.40. The molecule has 0 heterocycles. The number of rotatable bonds is 10. The number of aryl methyl sites for hydroxylation is 1. The third-order valence-electron chi connectivity index (χ3n) is 5.10. The molecule has 0 saturated carbocycles. The Hall–Kier alpha value is -4.25. The lowest BCUT2D eigenvalue weighted by Gasteiger charge is -2.15. The molecule has 3 aromatic carbocycles. The fourth-order valence-corrected chi connectivity index (χ4v) is 4.33. The molecule has 2 N–H and O–H groups in total. The second-order valence-electron chi connectivity index (χ2n) is 7.47. The smallest absolute Gasteiger partial charge is 0.340 e. The number of anilines is 2. The highest BCUT2D eigenvalue weighted by Gasteiger charge is 2.20. The summed E-state index contributed by atoms with van der Waals surface area (Å²) in [4.78, 5) is 24.7. The molecule has 3 aromatic rings. The maximum absolute atomic E-state index is 12.7. The van der Waals surface area contributed by atoms with Crippen LogP contribution in [0.25, 0.3) is 0 Å². The molecule has 0 saturated heterocycles. The molecule has 0 radical (unpaired) electrons. The average molecular weight is 515 g/mol. The van der Waals surface area contributed by atoms with E-state index in [0.29, 0.717) is 17.2 Å². The van der Waals surface area contributed by atoms with Gasteiger partial charge in [0.1, 0.15) is 5.75 Å². The minimum atomic E-state index is -3.80. The number of sulfonamides is 1. The van der Waals surface area contributed by atoms with Gasteiger partial charge in [0.15, 0.2) is 18.1 Å². The Morgan fingerprint density at radius 3 is 2.11 bits per heavy atom. The first-order valence-electron chi connectivity index (χ1n) is 10.6. The van der Waals surface area contributed by atoms with Gasteiger partial charge in [-0.1, -0.05) is 18.2 Å². The number of carbonyl (C=O) groups is 2. The van der Waals surface area contributed by atoms with Crippen LogP contribution in [0, 0.1) is 6.92 Å². The van der Waals surface area contributed by atoms with Crippen LogP contribution in [0.1, 0.15) is 15.9 Å². The van der Waals surface area contributed by atoms with E-state index < -0.39 is 28.5 Å². The number of benzene rings is 3. The third kappa shape index (κ3) is 6.25. The quantitative estimate of drug-likeness (QED) is 0.393. The molecule has 0 bridgehead atoms. The molecule has 11 heteroatoms. The number of esters is 1. The molecule has 0 spiro atoms. The zero-order chi connectivity index (χ0) is 26.3. The van der Waals surface area contributed by atoms with Gasteiger partial charge in [0.2, 0.25) is 0 Å². The summed E-state index contributed by atoms with van der Waals surface area (Å²) in [5, 5.41) is 2.58. The van der Waals surface area contributed by atoms with Crippen molar-refractivity contribution in [1.29, 1.82) is 0 Å². The third-order valence-corrected chi connectivity index (χ3v) is 6.48. The van der Waals surface area contributed by atoms with Crippen LogP contribution in [-0.2, 0) is 19.6 Å². The van der Waals surface area contributed by atoms with Gasteiger partial charge in [0, 0.05) is 12.1 Å².